The number of fused-ring (bicyclic) bond motifs is 1. The van der Waals surface area contributed by atoms with Crippen molar-refractivity contribution in [2.24, 2.45) is 0 Å². The van der Waals surface area contributed by atoms with Crippen molar-refractivity contribution in [2.45, 2.75) is 16.6 Å². The molecule has 0 saturated carbocycles. The Morgan fingerprint density at radius 3 is 2.93 bits per heavy atom. The maximum atomic E-state index is 11.6. The van der Waals surface area contributed by atoms with Gasteiger partial charge in [-0.2, -0.15) is 0 Å². The molecule has 5 heteroatoms. The Labute approximate surface area is 95.4 Å². The highest BCUT2D eigenvalue weighted by Crippen LogP contribution is 2.37. The normalized spacial score (nSPS) is 19.8. The van der Waals surface area contributed by atoms with Gasteiger partial charge in [-0.3, -0.25) is 9.59 Å². The molecule has 1 N–H and O–H groups in total. The van der Waals surface area contributed by atoms with Gasteiger partial charge in [0.05, 0.1) is 5.25 Å². The SMILES string of the molecule is O=C1CC(C(=O)Cl)Sc2ccc(O)cc21. The summed E-state index contributed by atoms with van der Waals surface area (Å²) in [5.41, 5.74) is 0.467. The summed E-state index contributed by atoms with van der Waals surface area (Å²) in [5, 5.41) is 8.22. The van der Waals surface area contributed by atoms with Crippen molar-refractivity contribution in [3.05, 3.63) is 23.8 Å². The van der Waals surface area contributed by atoms with Crippen molar-refractivity contribution in [1.29, 1.82) is 0 Å². The number of ketones is 1. The standard InChI is InChI=1S/C10H7ClO3S/c11-10(14)9-4-7(13)6-3-5(12)1-2-8(6)15-9/h1-3,9,12H,4H2. The molecule has 1 heterocycles. The smallest absolute Gasteiger partial charge is 0.235 e. The number of carbonyl (C=O) groups is 2. The summed E-state index contributed by atoms with van der Waals surface area (Å²) in [6.07, 6.45) is 0.101. The van der Waals surface area contributed by atoms with E-state index < -0.39 is 10.5 Å². The first-order valence-corrected chi connectivity index (χ1v) is 5.56. The fraction of sp³-hybridized carbons (Fsp3) is 0.200. The number of aromatic hydroxyl groups is 1. The number of hydrogen-bond donors (Lipinski definition) is 1. The first-order valence-electron chi connectivity index (χ1n) is 4.30. The molecule has 0 bridgehead atoms. The molecule has 3 nitrogen and oxygen atoms in total. The molecule has 2 rings (SSSR count). The molecular weight excluding hydrogens is 236 g/mol. The minimum atomic E-state index is -0.507. The quantitative estimate of drug-likeness (QED) is 0.767. The van der Waals surface area contributed by atoms with Gasteiger partial charge in [-0.15, -0.1) is 11.8 Å². The van der Waals surface area contributed by atoms with Crippen LogP contribution in [0, 0.1) is 0 Å². The third-order valence-corrected chi connectivity index (χ3v) is 3.82. The van der Waals surface area contributed by atoms with Crippen LogP contribution >= 0.6 is 23.4 Å². The van der Waals surface area contributed by atoms with Crippen LogP contribution in [0.2, 0.25) is 0 Å². The van der Waals surface area contributed by atoms with Crippen molar-refractivity contribution in [3.8, 4) is 5.75 Å². The van der Waals surface area contributed by atoms with Crippen molar-refractivity contribution < 1.29 is 14.7 Å². The van der Waals surface area contributed by atoms with Gasteiger partial charge in [-0.1, -0.05) is 0 Å². The van der Waals surface area contributed by atoms with Gasteiger partial charge >= 0.3 is 0 Å². The molecule has 15 heavy (non-hydrogen) atoms. The molecule has 0 fully saturated rings. The zero-order valence-electron chi connectivity index (χ0n) is 7.57. The molecule has 0 amide bonds. The van der Waals surface area contributed by atoms with Gasteiger partial charge in [0.1, 0.15) is 5.75 Å². The van der Waals surface area contributed by atoms with Gasteiger partial charge in [-0.25, -0.2) is 0 Å². The lowest BCUT2D eigenvalue weighted by atomic mass is 10.1. The monoisotopic (exact) mass is 242 g/mol. The first kappa shape index (κ1) is 10.5. The average Bonchev–Trinajstić information content (AvgIpc) is 2.18. The summed E-state index contributed by atoms with van der Waals surface area (Å²) in [5.74, 6) is -0.1000. The van der Waals surface area contributed by atoms with Crippen LogP contribution in [0.15, 0.2) is 23.1 Å². The lowest BCUT2D eigenvalue weighted by Crippen LogP contribution is -2.21. The van der Waals surface area contributed by atoms with Crippen LogP contribution in [0.5, 0.6) is 5.75 Å². The third kappa shape index (κ3) is 2.01. The summed E-state index contributed by atoms with van der Waals surface area (Å²) in [4.78, 5) is 23.3. The fourth-order valence-corrected chi connectivity index (χ4v) is 2.73. The molecule has 1 aromatic rings. The van der Waals surface area contributed by atoms with E-state index in [0.717, 1.165) is 0 Å². The molecule has 1 atom stereocenters. The number of phenolic OH excluding ortho intramolecular Hbond substituents is 1. The minimum Gasteiger partial charge on any atom is -0.508 e. The van der Waals surface area contributed by atoms with Crippen LogP contribution in [0.25, 0.3) is 0 Å². The Morgan fingerprint density at radius 2 is 2.27 bits per heavy atom. The fourth-order valence-electron chi connectivity index (χ4n) is 1.44. The summed E-state index contributed by atoms with van der Waals surface area (Å²) in [7, 11) is 0. The second-order valence-electron chi connectivity index (χ2n) is 3.22. The van der Waals surface area contributed by atoms with Crippen molar-refractivity contribution in [3.63, 3.8) is 0 Å². The molecular formula is C10H7ClO3S. The van der Waals surface area contributed by atoms with Crippen LogP contribution in [0.3, 0.4) is 0 Å². The molecule has 0 aliphatic carbocycles. The van der Waals surface area contributed by atoms with E-state index in [9.17, 15) is 14.7 Å². The number of thioether (sulfide) groups is 1. The van der Waals surface area contributed by atoms with Gasteiger partial charge in [0.25, 0.3) is 0 Å². The molecule has 1 unspecified atom stereocenters. The lowest BCUT2D eigenvalue weighted by molar-refractivity contribution is -0.111. The van der Waals surface area contributed by atoms with Crippen molar-refractivity contribution in [1.82, 2.24) is 0 Å². The third-order valence-electron chi connectivity index (χ3n) is 2.16. The van der Waals surface area contributed by atoms with E-state index in [2.05, 4.69) is 0 Å². The molecule has 0 saturated heterocycles. The van der Waals surface area contributed by atoms with E-state index in [0.29, 0.717) is 10.5 Å². The van der Waals surface area contributed by atoms with Crippen LogP contribution in [-0.4, -0.2) is 21.4 Å². The van der Waals surface area contributed by atoms with Crippen LogP contribution in [0.1, 0.15) is 16.8 Å². The van der Waals surface area contributed by atoms with Gasteiger partial charge in [-0.05, 0) is 29.8 Å². The maximum Gasteiger partial charge on any atom is 0.235 e. The molecule has 1 aliphatic heterocycles. The maximum absolute atomic E-state index is 11.6. The van der Waals surface area contributed by atoms with Gasteiger partial charge in [0.15, 0.2) is 5.78 Å². The van der Waals surface area contributed by atoms with E-state index in [1.54, 1.807) is 6.07 Å². The van der Waals surface area contributed by atoms with Gasteiger partial charge < -0.3 is 5.11 Å². The van der Waals surface area contributed by atoms with Gasteiger partial charge in [0.2, 0.25) is 5.24 Å². The van der Waals surface area contributed by atoms with Crippen molar-refractivity contribution in [2.75, 3.05) is 0 Å². The molecule has 0 spiro atoms. The second-order valence-corrected chi connectivity index (χ2v) is 4.84. The Hall–Kier alpha value is -1.00. The Kier molecular flexibility index (Phi) is 2.71. The van der Waals surface area contributed by atoms with Crippen LogP contribution in [-0.2, 0) is 4.79 Å². The van der Waals surface area contributed by atoms with E-state index in [1.807, 2.05) is 0 Å². The lowest BCUT2D eigenvalue weighted by Gasteiger charge is -2.19. The highest BCUT2D eigenvalue weighted by molar-refractivity contribution is 8.01. The predicted molar refractivity (Wildman–Crippen MR) is 57.6 cm³/mol. The number of phenols is 1. The second kappa shape index (κ2) is 3.87. The first-order chi connectivity index (χ1) is 7.08. The van der Waals surface area contributed by atoms with Crippen LogP contribution in [0.4, 0.5) is 0 Å². The molecule has 1 aromatic carbocycles. The number of hydrogen-bond acceptors (Lipinski definition) is 4. The summed E-state index contributed by atoms with van der Waals surface area (Å²) < 4.78 is 0. The molecule has 1 aliphatic rings. The molecule has 78 valence electrons. The minimum absolute atomic E-state index is 0.0540. The van der Waals surface area contributed by atoms with E-state index >= 15 is 0 Å². The highest BCUT2D eigenvalue weighted by atomic mass is 35.5. The number of carbonyl (C=O) groups excluding carboxylic acids is 2. The zero-order chi connectivity index (χ0) is 11.0. The Bertz CT molecular complexity index is 444. The Morgan fingerprint density at radius 1 is 1.53 bits per heavy atom. The molecule has 0 aromatic heterocycles. The number of halogens is 1. The van der Waals surface area contributed by atoms with E-state index in [-0.39, 0.29) is 18.0 Å². The highest BCUT2D eigenvalue weighted by Gasteiger charge is 2.29. The number of Topliss-reactive ketones (excluding diaryl/α,β-unsaturated/α-hetero) is 1. The Balaban J connectivity index is 2.41. The van der Waals surface area contributed by atoms with Crippen molar-refractivity contribution >= 4 is 34.4 Å². The van der Waals surface area contributed by atoms with E-state index in [1.165, 1.54) is 23.9 Å². The van der Waals surface area contributed by atoms with Gasteiger partial charge in [0, 0.05) is 16.9 Å². The van der Waals surface area contributed by atoms with E-state index in [4.69, 9.17) is 11.6 Å². The molecule has 0 radical (unpaired) electrons. The topological polar surface area (TPSA) is 54.4 Å². The van der Waals surface area contributed by atoms with Crippen LogP contribution < -0.4 is 0 Å². The largest absolute Gasteiger partial charge is 0.508 e. The zero-order valence-corrected chi connectivity index (χ0v) is 9.14. The number of rotatable bonds is 1. The predicted octanol–water partition coefficient (Wildman–Crippen LogP) is 2.20. The summed E-state index contributed by atoms with van der Waals surface area (Å²) >= 11 is 6.62. The summed E-state index contributed by atoms with van der Waals surface area (Å²) in [6.45, 7) is 0. The average molecular weight is 243 g/mol. The number of benzene rings is 1. The summed E-state index contributed by atoms with van der Waals surface area (Å²) in [6, 6.07) is 4.53.